The lowest BCUT2D eigenvalue weighted by atomic mass is 9.82. The third kappa shape index (κ3) is 6.26. The Kier molecular flexibility index (Phi) is 7.13. The fourth-order valence-electron chi connectivity index (χ4n) is 3.48. The van der Waals surface area contributed by atoms with E-state index < -0.39 is 0 Å². The second kappa shape index (κ2) is 9.77. The molecule has 0 unspecified atom stereocenters. The van der Waals surface area contributed by atoms with E-state index in [1.807, 2.05) is 24.3 Å². The molecule has 2 aromatic carbocycles. The van der Waals surface area contributed by atoms with Crippen molar-refractivity contribution in [2.45, 2.75) is 32.3 Å². The van der Waals surface area contributed by atoms with Crippen LogP contribution in [-0.2, 0) is 11.3 Å². The molecule has 1 saturated carbocycles. The van der Waals surface area contributed by atoms with E-state index >= 15 is 0 Å². The highest BCUT2D eigenvalue weighted by molar-refractivity contribution is 6.30. The Labute approximate surface area is 165 Å². The zero-order chi connectivity index (χ0) is 19.1. The number of ether oxygens (including phenoxy) is 1. The normalized spacial score (nSPS) is 19.6. The van der Waals surface area contributed by atoms with Crippen LogP contribution in [0.1, 0.15) is 41.6 Å². The molecule has 1 aliphatic carbocycles. The third-order valence-electron chi connectivity index (χ3n) is 5.18. The van der Waals surface area contributed by atoms with Crippen molar-refractivity contribution in [2.75, 3.05) is 13.2 Å². The maximum absolute atomic E-state index is 12.1. The highest BCUT2D eigenvalue weighted by Gasteiger charge is 2.22. The molecule has 0 radical (unpaired) electrons. The number of aromatic hydroxyl groups is 1. The van der Waals surface area contributed by atoms with E-state index in [9.17, 15) is 9.90 Å². The molecule has 0 aromatic heterocycles. The first-order valence-electron chi connectivity index (χ1n) is 9.49. The summed E-state index contributed by atoms with van der Waals surface area (Å²) in [4.78, 5) is 12.1. The molecule has 0 saturated heterocycles. The van der Waals surface area contributed by atoms with Crippen LogP contribution in [0.25, 0.3) is 0 Å². The van der Waals surface area contributed by atoms with Crippen LogP contribution in [0.2, 0.25) is 5.02 Å². The van der Waals surface area contributed by atoms with Gasteiger partial charge < -0.3 is 15.2 Å². The van der Waals surface area contributed by atoms with Crippen LogP contribution in [-0.4, -0.2) is 24.2 Å². The van der Waals surface area contributed by atoms with E-state index in [4.69, 9.17) is 16.3 Å². The van der Waals surface area contributed by atoms with Crippen molar-refractivity contribution >= 4 is 17.5 Å². The van der Waals surface area contributed by atoms with Crippen LogP contribution in [0.4, 0.5) is 0 Å². The van der Waals surface area contributed by atoms with Crippen molar-refractivity contribution in [3.05, 3.63) is 64.7 Å². The van der Waals surface area contributed by atoms with Gasteiger partial charge in [-0.2, -0.15) is 0 Å². The monoisotopic (exact) mass is 387 g/mol. The highest BCUT2D eigenvalue weighted by atomic mass is 35.5. The number of rotatable bonds is 7. The van der Waals surface area contributed by atoms with Crippen LogP contribution in [0, 0.1) is 11.8 Å². The topological polar surface area (TPSA) is 58.6 Å². The molecular formula is C22H26ClNO3. The lowest BCUT2D eigenvalue weighted by Crippen LogP contribution is -2.31. The fourth-order valence-corrected chi connectivity index (χ4v) is 3.60. The first-order chi connectivity index (χ1) is 13.1. The van der Waals surface area contributed by atoms with Crippen molar-refractivity contribution in [3.8, 4) is 5.75 Å². The van der Waals surface area contributed by atoms with Gasteiger partial charge in [-0.3, -0.25) is 4.79 Å². The summed E-state index contributed by atoms with van der Waals surface area (Å²) in [6.07, 6.45) is 4.51. The number of phenols is 1. The van der Waals surface area contributed by atoms with Gasteiger partial charge in [-0.05, 0) is 79.5 Å². The molecule has 0 heterocycles. The molecule has 4 nitrogen and oxygen atoms in total. The molecule has 0 spiro atoms. The molecule has 3 rings (SSSR count). The summed E-state index contributed by atoms with van der Waals surface area (Å²) in [5.74, 6) is 1.21. The molecular weight excluding hydrogens is 362 g/mol. The van der Waals surface area contributed by atoms with E-state index in [0.717, 1.165) is 42.9 Å². The molecule has 0 atom stereocenters. The second-order valence-electron chi connectivity index (χ2n) is 7.29. The first kappa shape index (κ1) is 19.7. The molecule has 0 bridgehead atoms. The minimum atomic E-state index is -0.0802. The van der Waals surface area contributed by atoms with Crippen molar-refractivity contribution < 1.29 is 14.6 Å². The Balaban J connectivity index is 1.32. The number of nitrogens with one attached hydrogen (secondary N) is 1. The molecule has 2 N–H and O–H groups in total. The molecule has 1 aliphatic rings. The van der Waals surface area contributed by atoms with Gasteiger partial charge in [0.2, 0.25) is 0 Å². The molecule has 5 heteroatoms. The lowest BCUT2D eigenvalue weighted by molar-refractivity contribution is 0.0664. The average molecular weight is 388 g/mol. The summed E-state index contributed by atoms with van der Waals surface area (Å²) >= 11 is 5.89. The maximum atomic E-state index is 12.1. The number of benzene rings is 2. The molecule has 144 valence electrons. The van der Waals surface area contributed by atoms with Crippen LogP contribution >= 0.6 is 11.6 Å². The van der Waals surface area contributed by atoms with Crippen LogP contribution in [0.5, 0.6) is 5.75 Å². The predicted molar refractivity (Wildman–Crippen MR) is 107 cm³/mol. The van der Waals surface area contributed by atoms with Crippen LogP contribution < -0.4 is 5.32 Å². The van der Waals surface area contributed by atoms with Crippen molar-refractivity contribution in [3.63, 3.8) is 0 Å². The second-order valence-corrected chi connectivity index (χ2v) is 7.72. The molecule has 27 heavy (non-hydrogen) atoms. The number of halogens is 1. The van der Waals surface area contributed by atoms with Gasteiger partial charge in [-0.1, -0.05) is 23.7 Å². The fraction of sp³-hybridized carbons (Fsp3) is 0.409. The van der Waals surface area contributed by atoms with Crippen molar-refractivity contribution in [2.24, 2.45) is 11.8 Å². The maximum Gasteiger partial charge on any atom is 0.251 e. The smallest absolute Gasteiger partial charge is 0.251 e. The van der Waals surface area contributed by atoms with E-state index in [-0.39, 0.29) is 11.7 Å². The Morgan fingerprint density at radius 2 is 1.63 bits per heavy atom. The van der Waals surface area contributed by atoms with Gasteiger partial charge in [0, 0.05) is 23.7 Å². The summed E-state index contributed by atoms with van der Waals surface area (Å²) in [6.45, 7) is 2.12. The van der Waals surface area contributed by atoms with E-state index in [0.29, 0.717) is 30.6 Å². The van der Waals surface area contributed by atoms with Gasteiger partial charge in [0.25, 0.3) is 5.91 Å². The first-order valence-corrected chi connectivity index (χ1v) is 9.87. The van der Waals surface area contributed by atoms with Crippen molar-refractivity contribution in [1.29, 1.82) is 0 Å². The number of hydrogen-bond acceptors (Lipinski definition) is 3. The Morgan fingerprint density at radius 3 is 2.30 bits per heavy atom. The minimum absolute atomic E-state index is 0.0802. The largest absolute Gasteiger partial charge is 0.508 e. The highest BCUT2D eigenvalue weighted by Crippen LogP contribution is 2.29. The zero-order valence-corrected chi connectivity index (χ0v) is 16.1. The average Bonchev–Trinajstić information content (AvgIpc) is 2.69. The zero-order valence-electron chi connectivity index (χ0n) is 15.4. The summed E-state index contributed by atoms with van der Waals surface area (Å²) in [6, 6.07) is 14.1. The van der Waals surface area contributed by atoms with E-state index in [2.05, 4.69) is 5.32 Å². The summed E-state index contributed by atoms with van der Waals surface area (Å²) < 4.78 is 5.87. The summed E-state index contributed by atoms with van der Waals surface area (Å²) in [7, 11) is 0. The van der Waals surface area contributed by atoms with E-state index in [1.54, 1.807) is 12.1 Å². The third-order valence-corrected chi connectivity index (χ3v) is 5.43. The quantitative estimate of drug-likeness (QED) is 0.717. The Morgan fingerprint density at radius 1 is 1.00 bits per heavy atom. The van der Waals surface area contributed by atoms with Gasteiger partial charge >= 0.3 is 0 Å². The minimum Gasteiger partial charge on any atom is -0.508 e. The SMILES string of the molecule is O=C(NCC1CCC(COCc2ccc(Cl)cc2)CC1)c1ccc(O)cc1. The molecule has 2 aromatic rings. The molecule has 1 amide bonds. The van der Waals surface area contributed by atoms with Gasteiger partial charge in [0.1, 0.15) is 5.75 Å². The van der Waals surface area contributed by atoms with Crippen LogP contribution in [0.15, 0.2) is 48.5 Å². The number of phenolic OH excluding ortho intramolecular Hbond substituents is 1. The Hall–Kier alpha value is -2.04. The molecule has 0 aliphatic heterocycles. The standard InChI is InChI=1S/C22H26ClNO3/c23-20-9-5-18(6-10-20)15-27-14-17-3-1-16(2-4-17)13-24-22(26)19-7-11-21(25)12-8-19/h5-12,16-17,25H,1-4,13-15H2,(H,24,26). The van der Waals surface area contributed by atoms with E-state index in [1.165, 1.54) is 12.1 Å². The number of amides is 1. The number of carbonyl (C=O) groups is 1. The molecule has 1 fully saturated rings. The van der Waals surface area contributed by atoms with Gasteiger partial charge in [-0.15, -0.1) is 0 Å². The predicted octanol–water partition coefficient (Wildman–Crippen LogP) is 4.80. The number of carbonyl (C=O) groups excluding carboxylic acids is 1. The van der Waals surface area contributed by atoms with Gasteiger partial charge in [0.05, 0.1) is 6.61 Å². The van der Waals surface area contributed by atoms with Gasteiger partial charge in [0.15, 0.2) is 0 Å². The number of hydrogen-bond donors (Lipinski definition) is 2. The van der Waals surface area contributed by atoms with Gasteiger partial charge in [-0.25, -0.2) is 0 Å². The summed E-state index contributed by atoms with van der Waals surface area (Å²) in [5.41, 5.74) is 1.72. The van der Waals surface area contributed by atoms with Crippen molar-refractivity contribution in [1.82, 2.24) is 5.32 Å². The van der Waals surface area contributed by atoms with Crippen LogP contribution in [0.3, 0.4) is 0 Å². The Bertz CT molecular complexity index is 722. The summed E-state index contributed by atoms with van der Waals surface area (Å²) in [5, 5.41) is 13.0. The lowest BCUT2D eigenvalue weighted by Gasteiger charge is -2.28.